The third-order valence-corrected chi connectivity index (χ3v) is 6.80. The second kappa shape index (κ2) is 8.30. The number of fused-ring (bicyclic) bond motifs is 2. The Labute approximate surface area is 207 Å². The van der Waals surface area contributed by atoms with Crippen LogP contribution in [0.1, 0.15) is 24.1 Å². The molecule has 6 rings (SSSR count). The van der Waals surface area contributed by atoms with E-state index in [1.54, 1.807) is 42.2 Å². The maximum Gasteiger partial charge on any atom is 0.325 e. The van der Waals surface area contributed by atoms with Crippen LogP contribution in [-0.2, 0) is 15.1 Å². The van der Waals surface area contributed by atoms with Crippen molar-refractivity contribution >= 4 is 23.5 Å². The summed E-state index contributed by atoms with van der Waals surface area (Å²) < 4.78 is 16.7. The molecular weight excluding hydrogens is 462 g/mol. The summed E-state index contributed by atoms with van der Waals surface area (Å²) >= 11 is 0. The second-order valence-corrected chi connectivity index (χ2v) is 8.98. The van der Waals surface area contributed by atoms with Crippen molar-refractivity contribution in [3.05, 3.63) is 83.9 Å². The van der Waals surface area contributed by atoms with Crippen molar-refractivity contribution in [1.82, 2.24) is 10.2 Å². The molecule has 3 aliphatic rings. The molecule has 36 heavy (non-hydrogen) atoms. The summed E-state index contributed by atoms with van der Waals surface area (Å²) in [6.45, 7) is 1.55. The number of anilines is 1. The highest BCUT2D eigenvalue weighted by Gasteiger charge is 2.50. The molecule has 0 bridgehead atoms. The maximum absolute atomic E-state index is 13.8. The number of urea groups is 1. The first-order valence-electron chi connectivity index (χ1n) is 11.6. The molecule has 1 N–H and O–H groups in total. The Hall–Kier alpha value is -4.53. The lowest BCUT2D eigenvalue weighted by atomic mass is 9.91. The smallest absolute Gasteiger partial charge is 0.325 e. The van der Waals surface area contributed by atoms with Gasteiger partial charge in [0.1, 0.15) is 24.4 Å². The Kier molecular flexibility index (Phi) is 5.06. The Morgan fingerprint density at radius 3 is 2.53 bits per heavy atom. The largest absolute Gasteiger partial charge is 0.489 e. The van der Waals surface area contributed by atoms with E-state index in [-0.39, 0.29) is 13.4 Å². The Morgan fingerprint density at radius 2 is 1.69 bits per heavy atom. The third-order valence-electron chi connectivity index (χ3n) is 6.80. The molecule has 0 saturated carbocycles. The van der Waals surface area contributed by atoms with Crippen molar-refractivity contribution in [1.29, 1.82) is 0 Å². The fourth-order valence-electron chi connectivity index (χ4n) is 4.87. The maximum atomic E-state index is 13.8. The molecule has 0 unspecified atom stereocenters. The molecule has 2 atom stereocenters. The molecule has 0 spiro atoms. The first-order valence-corrected chi connectivity index (χ1v) is 11.6. The summed E-state index contributed by atoms with van der Waals surface area (Å²) in [7, 11) is 0. The molecule has 1 saturated heterocycles. The van der Waals surface area contributed by atoms with Gasteiger partial charge in [-0.2, -0.15) is 0 Å². The van der Waals surface area contributed by atoms with Gasteiger partial charge in [0.2, 0.25) is 12.7 Å². The van der Waals surface area contributed by atoms with Crippen molar-refractivity contribution in [3.63, 3.8) is 0 Å². The predicted molar refractivity (Wildman–Crippen MR) is 129 cm³/mol. The van der Waals surface area contributed by atoms with Crippen molar-refractivity contribution < 1.29 is 28.6 Å². The Bertz CT molecular complexity index is 1380. The average Bonchev–Trinajstić information content (AvgIpc) is 3.46. The number of rotatable bonds is 4. The van der Waals surface area contributed by atoms with Crippen LogP contribution >= 0.6 is 0 Å². The first kappa shape index (κ1) is 22.0. The summed E-state index contributed by atoms with van der Waals surface area (Å²) in [6, 6.07) is 20.8. The van der Waals surface area contributed by atoms with E-state index in [1.807, 2.05) is 42.5 Å². The van der Waals surface area contributed by atoms with Gasteiger partial charge >= 0.3 is 6.03 Å². The van der Waals surface area contributed by atoms with E-state index in [2.05, 4.69) is 5.32 Å². The highest BCUT2D eigenvalue weighted by atomic mass is 16.7. The van der Waals surface area contributed by atoms with E-state index in [1.165, 1.54) is 0 Å². The van der Waals surface area contributed by atoms with Gasteiger partial charge in [0.05, 0.1) is 11.7 Å². The lowest BCUT2D eigenvalue weighted by molar-refractivity contribution is -0.134. The lowest BCUT2D eigenvalue weighted by Crippen LogP contribution is -2.48. The fraction of sp³-hybridized carbons (Fsp3) is 0.222. The highest BCUT2D eigenvalue weighted by molar-refractivity contribution is 6.11. The van der Waals surface area contributed by atoms with E-state index in [0.717, 1.165) is 10.5 Å². The summed E-state index contributed by atoms with van der Waals surface area (Å²) in [6.07, 6.45) is 0. The molecule has 3 aromatic carbocycles. The van der Waals surface area contributed by atoms with Crippen molar-refractivity contribution in [3.8, 4) is 17.2 Å². The molecule has 0 radical (unpaired) electrons. The fourth-order valence-corrected chi connectivity index (χ4v) is 4.87. The Balaban J connectivity index is 1.30. The van der Waals surface area contributed by atoms with Gasteiger partial charge < -0.3 is 19.5 Å². The van der Waals surface area contributed by atoms with Gasteiger partial charge in [-0.1, -0.05) is 48.5 Å². The third kappa shape index (κ3) is 3.43. The highest BCUT2D eigenvalue weighted by Crippen LogP contribution is 2.40. The van der Waals surface area contributed by atoms with Crippen LogP contribution in [0.15, 0.2) is 72.8 Å². The molecule has 4 amide bonds. The number of nitrogens with zero attached hydrogens (tertiary/aromatic N) is 2. The number of hydrogen-bond acceptors (Lipinski definition) is 6. The van der Waals surface area contributed by atoms with E-state index < -0.39 is 36.0 Å². The molecule has 3 aromatic rings. The predicted octanol–water partition coefficient (Wildman–Crippen LogP) is 3.35. The molecule has 9 nitrogen and oxygen atoms in total. The quantitative estimate of drug-likeness (QED) is 0.570. The summed E-state index contributed by atoms with van der Waals surface area (Å²) in [5.41, 5.74) is 0.676. The SMILES string of the molecule is C[C@]1(c2ccc3c(c2)OCO3)NC(=O)N(CC(=O)N2c3ccccc3OC[C@@H]2c2ccccc2)C1=O. The van der Waals surface area contributed by atoms with E-state index in [9.17, 15) is 14.4 Å². The molecule has 182 valence electrons. The van der Waals surface area contributed by atoms with Gasteiger partial charge in [0, 0.05) is 0 Å². The number of amides is 4. The number of ether oxygens (including phenoxy) is 3. The van der Waals surface area contributed by atoms with Crippen LogP contribution in [0.2, 0.25) is 0 Å². The van der Waals surface area contributed by atoms with Crippen LogP contribution in [-0.4, -0.2) is 42.7 Å². The number of hydrogen-bond donors (Lipinski definition) is 1. The minimum Gasteiger partial charge on any atom is -0.489 e. The number of carbonyl (C=O) groups excluding carboxylic acids is 3. The number of carbonyl (C=O) groups is 3. The van der Waals surface area contributed by atoms with Gasteiger partial charge in [0.25, 0.3) is 5.91 Å². The van der Waals surface area contributed by atoms with Gasteiger partial charge in [-0.3, -0.25) is 19.4 Å². The molecule has 3 aliphatic heterocycles. The lowest BCUT2D eigenvalue weighted by Gasteiger charge is -2.37. The number of nitrogens with one attached hydrogen (secondary N) is 1. The van der Waals surface area contributed by atoms with Crippen LogP contribution in [0.4, 0.5) is 10.5 Å². The minimum absolute atomic E-state index is 0.0973. The monoisotopic (exact) mass is 485 g/mol. The van der Waals surface area contributed by atoms with E-state index in [4.69, 9.17) is 14.2 Å². The number of imide groups is 1. The topological polar surface area (TPSA) is 97.4 Å². The minimum atomic E-state index is -1.35. The van der Waals surface area contributed by atoms with Crippen molar-refractivity contribution in [2.75, 3.05) is 24.8 Å². The van der Waals surface area contributed by atoms with Gasteiger partial charge in [-0.05, 0) is 42.3 Å². The van der Waals surface area contributed by atoms with Crippen molar-refractivity contribution in [2.45, 2.75) is 18.5 Å². The van der Waals surface area contributed by atoms with Crippen LogP contribution in [0.3, 0.4) is 0 Å². The van der Waals surface area contributed by atoms with Crippen LogP contribution < -0.4 is 24.4 Å². The molecule has 0 aromatic heterocycles. The van der Waals surface area contributed by atoms with Crippen LogP contribution in [0, 0.1) is 0 Å². The normalized spacial score (nSPS) is 22.2. The molecule has 9 heteroatoms. The molecule has 1 fully saturated rings. The summed E-state index contributed by atoms with van der Waals surface area (Å²) in [5, 5.41) is 2.75. The summed E-state index contributed by atoms with van der Waals surface area (Å²) in [5.74, 6) is 0.737. The average molecular weight is 485 g/mol. The van der Waals surface area contributed by atoms with Crippen LogP contribution in [0.25, 0.3) is 0 Å². The number of para-hydroxylation sites is 2. The number of benzene rings is 3. The van der Waals surface area contributed by atoms with E-state index >= 15 is 0 Å². The Morgan fingerprint density at radius 1 is 0.944 bits per heavy atom. The molecular formula is C27H23N3O6. The zero-order valence-corrected chi connectivity index (χ0v) is 19.5. The van der Waals surface area contributed by atoms with Gasteiger partial charge in [-0.25, -0.2) is 4.79 Å². The second-order valence-electron chi connectivity index (χ2n) is 8.98. The van der Waals surface area contributed by atoms with Gasteiger partial charge in [-0.15, -0.1) is 0 Å². The van der Waals surface area contributed by atoms with E-state index in [0.29, 0.717) is 28.5 Å². The molecule has 3 heterocycles. The van der Waals surface area contributed by atoms with Crippen LogP contribution in [0.5, 0.6) is 17.2 Å². The summed E-state index contributed by atoms with van der Waals surface area (Å²) in [4.78, 5) is 42.8. The first-order chi connectivity index (χ1) is 17.5. The standard InChI is InChI=1S/C27H23N3O6/c1-27(18-11-12-22-23(13-18)36-16-35-22)25(32)29(26(33)28-27)14-24(31)30-19-9-5-6-10-21(19)34-15-20(30)17-7-3-2-4-8-17/h2-13,20H,14-16H2,1H3,(H,28,33)/t20-,27-/m1/s1. The zero-order valence-electron chi connectivity index (χ0n) is 19.5. The molecule has 0 aliphatic carbocycles. The van der Waals surface area contributed by atoms with Crippen molar-refractivity contribution in [2.24, 2.45) is 0 Å². The zero-order chi connectivity index (χ0) is 24.9. The van der Waals surface area contributed by atoms with Gasteiger partial charge in [0.15, 0.2) is 11.5 Å².